The fourth-order valence-electron chi connectivity index (χ4n) is 2.10. The first-order chi connectivity index (χ1) is 8.29. The molecular formula is C13H21N3O. The van der Waals surface area contributed by atoms with Crippen molar-refractivity contribution in [1.82, 2.24) is 15.1 Å². The fraction of sp³-hybridized carbons (Fsp3) is 0.769. The highest BCUT2D eigenvalue weighted by atomic mass is 16.2. The second-order valence-corrected chi connectivity index (χ2v) is 4.94. The van der Waals surface area contributed by atoms with E-state index in [1.165, 1.54) is 12.8 Å². The molecule has 0 spiro atoms. The van der Waals surface area contributed by atoms with Crippen molar-refractivity contribution in [3.63, 3.8) is 0 Å². The van der Waals surface area contributed by atoms with E-state index in [1.54, 1.807) is 0 Å². The van der Waals surface area contributed by atoms with Gasteiger partial charge < -0.3 is 10.2 Å². The number of amides is 1. The van der Waals surface area contributed by atoms with Crippen molar-refractivity contribution in [3.05, 3.63) is 0 Å². The SMILES string of the molecule is C#CCN1CCN(C(=O)CNCC2CC2)CC1. The van der Waals surface area contributed by atoms with Crippen LogP contribution < -0.4 is 5.32 Å². The van der Waals surface area contributed by atoms with Gasteiger partial charge in [0.2, 0.25) is 5.91 Å². The predicted molar refractivity (Wildman–Crippen MR) is 67.4 cm³/mol. The summed E-state index contributed by atoms with van der Waals surface area (Å²) < 4.78 is 0. The Hall–Kier alpha value is -1.05. The molecule has 1 amide bonds. The molecule has 0 aromatic rings. The van der Waals surface area contributed by atoms with E-state index >= 15 is 0 Å². The van der Waals surface area contributed by atoms with Gasteiger partial charge in [-0.2, -0.15) is 0 Å². The Morgan fingerprint density at radius 3 is 2.59 bits per heavy atom. The lowest BCUT2D eigenvalue weighted by atomic mass is 10.3. The van der Waals surface area contributed by atoms with Gasteiger partial charge in [0.05, 0.1) is 13.1 Å². The number of hydrogen-bond acceptors (Lipinski definition) is 3. The molecule has 1 N–H and O–H groups in total. The molecule has 94 valence electrons. The van der Waals surface area contributed by atoms with Crippen molar-refractivity contribution in [1.29, 1.82) is 0 Å². The lowest BCUT2D eigenvalue weighted by Gasteiger charge is -2.33. The van der Waals surface area contributed by atoms with Gasteiger partial charge in [-0.25, -0.2) is 0 Å². The van der Waals surface area contributed by atoms with E-state index in [4.69, 9.17) is 6.42 Å². The van der Waals surface area contributed by atoms with Crippen LogP contribution in [0.2, 0.25) is 0 Å². The van der Waals surface area contributed by atoms with Gasteiger partial charge in [0.25, 0.3) is 0 Å². The summed E-state index contributed by atoms with van der Waals surface area (Å²) in [5, 5.41) is 3.24. The fourth-order valence-corrected chi connectivity index (χ4v) is 2.10. The summed E-state index contributed by atoms with van der Waals surface area (Å²) in [6, 6.07) is 0. The van der Waals surface area contributed by atoms with Crippen LogP contribution >= 0.6 is 0 Å². The molecule has 4 nitrogen and oxygen atoms in total. The van der Waals surface area contributed by atoms with Crippen LogP contribution in [-0.2, 0) is 4.79 Å². The maximum absolute atomic E-state index is 11.9. The van der Waals surface area contributed by atoms with Crippen LogP contribution in [0.4, 0.5) is 0 Å². The maximum atomic E-state index is 11.9. The van der Waals surface area contributed by atoms with Crippen molar-refractivity contribution in [2.45, 2.75) is 12.8 Å². The Bertz CT molecular complexity index is 298. The zero-order chi connectivity index (χ0) is 12.1. The molecule has 2 fully saturated rings. The van der Waals surface area contributed by atoms with Gasteiger partial charge >= 0.3 is 0 Å². The lowest BCUT2D eigenvalue weighted by molar-refractivity contribution is -0.131. The molecule has 0 unspecified atom stereocenters. The first-order valence-electron chi connectivity index (χ1n) is 6.44. The quantitative estimate of drug-likeness (QED) is 0.668. The second kappa shape index (κ2) is 6.04. The molecule has 2 rings (SSSR count). The number of rotatable bonds is 5. The minimum atomic E-state index is 0.228. The van der Waals surface area contributed by atoms with Crippen LogP contribution in [0.15, 0.2) is 0 Å². The van der Waals surface area contributed by atoms with Gasteiger partial charge in [-0.3, -0.25) is 9.69 Å². The number of hydrogen-bond donors (Lipinski definition) is 1. The zero-order valence-corrected chi connectivity index (χ0v) is 10.3. The minimum Gasteiger partial charge on any atom is -0.339 e. The van der Waals surface area contributed by atoms with Crippen LogP contribution in [0.25, 0.3) is 0 Å². The topological polar surface area (TPSA) is 35.6 Å². The first kappa shape index (κ1) is 12.4. The Morgan fingerprint density at radius 2 is 2.00 bits per heavy atom. The molecule has 4 heteroatoms. The van der Waals surface area contributed by atoms with E-state index in [2.05, 4.69) is 16.1 Å². The summed E-state index contributed by atoms with van der Waals surface area (Å²) in [6.07, 6.45) is 7.92. The molecule has 0 aromatic carbocycles. The number of piperazine rings is 1. The molecule has 1 saturated heterocycles. The largest absolute Gasteiger partial charge is 0.339 e. The van der Waals surface area contributed by atoms with Gasteiger partial charge in [0.15, 0.2) is 0 Å². The average molecular weight is 235 g/mol. The van der Waals surface area contributed by atoms with E-state index in [1.807, 2.05) is 4.90 Å². The second-order valence-electron chi connectivity index (χ2n) is 4.94. The highest BCUT2D eigenvalue weighted by molar-refractivity contribution is 5.78. The van der Waals surface area contributed by atoms with E-state index in [-0.39, 0.29) is 5.91 Å². The maximum Gasteiger partial charge on any atom is 0.236 e. The molecule has 1 aliphatic heterocycles. The highest BCUT2D eigenvalue weighted by Crippen LogP contribution is 2.27. The van der Waals surface area contributed by atoms with Gasteiger partial charge in [0, 0.05) is 26.2 Å². The summed E-state index contributed by atoms with van der Waals surface area (Å²) in [5.74, 6) is 3.70. The molecule has 1 saturated carbocycles. The zero-order valence-electron chi connectivity index (χ0n) is 10.3. The summed E-state index contributed by atoms with van der Waals surface area (Å²) in [5.41, 5.74) is 0. The predicted octanol–water partition coefficient (Wildman–Crippen LogP) is -0.237. The van der Waals surface area contributed by atoms with Gasteiger partial charge in [-0.15, -0.1) is 6.42 Å². The third-order valence-electron chi connectivity index (χ3n) is 3.45. The van der Waals surface area contributed by atoms with Gasteiger partial charge in [-0.1, -0.05) is 5.92 Å². The van der Waals surface area contributed by atoms with Crippen LogP contribution in [0.1, 0.15) is 12.8 Å². The molecule has 1 aliphatic carbocycles. The number of carbonyl (C=O) groups excluding carboxylic acids is 1. The number of terminal acetylenes is 1. The molecule has 17 heavy (non-hydrogen) atoms. The molecule has 0 atom stereocenters. The van der Waals surface area contributed by atoms with E-state index in [9.17, 15) is 4.79 Å². The molecule has 0 bridgehead atoms. The smallest absolute Gasteiger partial charge is 0.236 e. The third-order valence-corrected chi connectivity index (χ3v) is 3.45. The lowest BCUT2D eigenvalue weighted by Crippen LogP contribution is -2.50. The van der Waals surface area contributed by atoms with Crippen LogP contribution in [0.5, 0.6) is 0 Å². The van der Waals surface area contributed by atoms with Crippen LogP contribution in [0, 0.1) is 18.3 Å². The molecule has 2 aliphatic rings. The van der Waals surface area contributed by atoms with E-state index in [0.717, 1.165) is 38.6 Å². The normalized spacial score (nSPS) is 21.2. The Balaban J connectivity index is 1.61. The highest BCUT2D eigenvalue weighted by Gasteiger charge is 2.23. The molecule has 0 radical (unpaired) electrons. The minimum absolute atomic E-state index is 0.228. The number of nitrogens with zero attached hydrogens (tertiary/aromatic N) is 2. The standard InChI is InChI=1S/C13H21N3O/c1-2-5-15-6-8-16(9-7-15)13(17)11-14-10-12-3-4-12/h1,12,14H,3-11H2. The molecular weight excluding hydrogens is 214 g/mol. The third kappa shape index (κ3) is 4.03. The molecule has 1 heterocycles. The average Bonchev–Trinajstić information content (AvgIpc) is 3.14. The summed E-state index contributed by atoms with van der Waals surface area (Å²) in [6.45, 7) is 5.62. The summed E-state index contributed by atoms with van der Waals surface area (Å²) in [4.78, 5) is 16.0. The summed E-state index contributed by atoms with van der Waals surface area (Å²) >= 11 is 0. The number of nitrogens with one attached hydrogen (secondary N) is 1. The van der Waals surface area contributed by atoms with Gasteiger partial charge in [0.1, 0.15) is 0 Å². The van der Waals surface area contributed by atoms with Crippen molar-refractivity contribution in [2.75, 3.05) is 45.8 Å². The molecule has 0 aromatic heterocycles. The van der Waals surface area contributed by atoms with Crippen molar-refractivity contribution >= 4 is 5.91 Å². The van der Waals surface area contributed by atoms with Crippen molar-refractivity contribution < 1.29 is 4.79 Å². The van der Waals surface area contributed by atoms with Crippen molar-refractivity contribution in [3.8, 4) is 12.3 Å². The Morgan fingerprint density at radius 1 is 1.29 bits per heavy atom. The van der Waals surface area contributed by atoms with E-state index < -0.39 is 0 Å². The van der Waals surface area contributed by atoms with E-state index in [0.29, 0.717) is 13.1 Å². The van der Waals surface area contributed by atoms with Gasteiger partial charge in [-0.05, 0) is 25.3 Å². The monoisotopic (exact) mass is 235 g/mol. The Kier molecular flexibility index (Phi) is 4.41. The number of carbonyl (C=O) groups is 1. The van der Waals surface area contributed by atoms with Crippen molar-refractivity contribution in [2.24, 2.45) is 5.92 Å². The van der Waals surface area contributed by atoms with Crippen LogP contribution in [-0.4, -0.2) is 61.5 Å². The van der Waals surface area contributed by atoms with Crippen LogP contribution in [0.3, 0.4) is 0 Å². The first-order valence-corrected chi connectivity index (χ1v) is 6.44. The summed E-state index contributed by atoms with van der Waals surface area (Å²) in [7, 11) is 0. The Labute approximate surface area is 103 Å².